The van der Waals surface area contributed by atoms with Crippen LogP contribution < -0.4 is 0 Å². The van der Waals surface area contributed by atoms with Crippen molar-refractivity contribution in [2.45, 2.75) is 47.0 Å². The third-order valence-electron chi connectivity index (χ3n) is 9.60. The van der Waals surface area contributed by atoms with Crippen molar-refractivity contribution < 1.29 is 15.6 Å². The van der Waals surface area contributed by atoms with Gasteiger partial charge in [-0.25, -0.2) is 0 Å². The number of fused-ring (bicyclic) bond motifs is 2. The van der Waals surface area contributed by atoms with Crippen LogP contribution in [0.4, 0.5) is 0 Å². The molecular formula is C36H35Cl4SiZr. The molecule has 0 aliphatic heterocycles. The van der Waals surface area contributed by atoms with Gasteiger partial charge < -0.3 is 0 Å². The van der Waals surface area contributed by atoms with Crippen LogP contribution in [0, 0.1) is 0 Å². The third-order valence-corrected chi connectivity index (χ3v) is 61.9. The van der Waals surface area contributed by atoms with E-state index >= 15 is 0 Å². The fraction of sp³-hybridized carbons (Fsp3) is 0.222. The van der Waals surface area contributed by atoms with E-state index in [9.17, 15) is 0 Å². The summed E-state index contributed by atoms with van der Waals surface area (Å²) in [5.74, 6) is -1.62. The second kappa shape index (κ2) is 11.5. The summed E-state index contributed by atoms with van der Waals surface area (Å²) in [6.07, 6.45) is 6.65. The predicted molar refractivity (Wildman–Crippen MR) is 186 cm³/mol. The van der Waals surface area contributed by atoms with E-state index in [0.29, 0.717) is 0 Å². The quantitative estimate of drug-likeness (QED) is 0.166. The predicted octanol–water partition coefficient (Wildman–Crippen LogP) is 12.7. The first-order valence-corrected chi connectivity index (χ1v) is 31.9. The maximum atomic E-state index is 8.50. The molecule has 0 radical (unpaired) electrons. The summed E-state index contributed by atoms with van der Waals surface area (Å²) in [5, 5.41) is 1.48. The average Bonchev–Trinajstić information content (AvgIpc) is 3.57. The van der Waals surface area contributed by atoms with Gasteiger partial charge in [-0.3, -0.25) is 0 Å². The van der Waals surface area contributed by atoms with Crippen molar-refractivity contribution in [2.24, 2.45) is 0 Å². The molecule has 0 bridgehead atoms. The van der Waals surface area contributed by atoms with Crippen molar-refractivity contribution in [3.8, 4) is 22.3 Å². The molecule has 2 aliphatic carbocycles. The number of hydrogen-bond acceptors (Lipinski definition) is 0. The van der Waals surface area contributed by atoms with Gasteiger partial charge in [0.1, 0.15) is 0 Å². The molecule has 0 saturated heterocycles. The Bertz CT molecular complexity index is 1650. The van der Waals surface area contributed by atoms with E-state index in [-0.39, 0.29) is 7.25 Å². The fourth-order valence-corrected chi connectivity index (χ4v) is 39.7. The second-order valence-electron chi connectivity index (χ2n) is 12.0. The van der Waals surface area contributed by atoms with E-state index in [1.807, 2.05) is 24.3 Å². The van der Waals surface area contributed by atoms with Gasteiger partial charge in [0.05, 0.1) is 0 Å². The van der Waals surface area contributed by atoms with Crippen LogP contribution >= 0.6 is 40.2 Å². The van der Waals surface area contributed by atoms with Gasteiger partial charge in [-0.15, -0.1) is 0 Å². The third kappa shape index (κ3) is 4.81. The monoisotopic (exact) mass is 725 g/mol. The van der Waals surface area contributed by atoms with Crippen LogP contribution in [0.1, 0.15) is 56.2 Å². The first-order chi connectivity index (χ1) is 20.1. The molecule has 0 nitrogen and oxygen atoms in total. The first-order valence-electron chi connectivity index (χ1n) is 14.8. The average molecular weight is 729 g/mol. The molecule has 42 heavy (non-hydrogen) atoms. The Labute approximate surface area is 269 Å². The van der Waals surface area contributed by atoms with Crippen LogP contribution in [-0.2, 0) is 15.6 Å². The summed E-state index contributed by atoms with van der Waals surface area (Å²) in [6.45, 7) is 9.32. The Morgan fingerprint density at radius 2 is 1.02 bits per heavy atom. The number of rotatable bonds is 7. The van der Waals surface area contributed by atoms with Gasteiger partial charge >= 0.3 is 272 Å². The molecule has 0 amide bonds. The van der Waals surface area contributed by atoms with Crippen LogP contribution in [-0.4, -0.2) is 5.92 Å². The molecular weight excluding hydrogens is 694 g/mol. The Hall–Kier alpha value is -1.38. The van der Waals surface area contributed by atoms with Crippen LogP contribution in [0.25, 0.3) is 34.4 Å². The minimum atomic E-state index is -4.78. The Kier molecular flexibility index (Phi) is 8.40. The fourth-order valence-electron chi connectivity index (χ4n) is 7.49. The molecule has 2 atom stereocenters. The van der Waals surface area contributed by atoms with E-state index in [1.165, 1.54) is 44.5 Å². The number of halogens is 4. The van der Waals surface area contributed by atoms with Gasteiger partial charge in [-0.05, 0) is 0 Å². The van der Waals surface area contributed by atoms with Crippen LogP contribution in [0.5, 0.6) is 0 Å². The van der Waals surface area contributed by atoms with Crippen molar-refractivity contribution in [2.75, 3.05) is 0 Å². The summed E-state index contributed by atoms with van der Waals surface area (Å²) < 4.78 is 0.141. The molecule has 4 aromatic rings. The zero-order valence-electron chi connectivity index (χ0n) is 24.4. The SMILES string of the molecule is CCC1=Cc2c(-c3cccc(Cl)c3)cccc2[CH]1[Zr]([Cl])([Cl])([CH]1C(CC)=Cc2c(-c3cccc(Cl)c3)cccc21)[SiH](C)C. The molecule has 0 aromatic heterocycles. The summed E-state index contributed by atoms with van der Waals surface area (Å²) >= 11 is 8.10. The zero-order valence-corrected chi connectivity index (χ0v) is 31.0. The Morgan fingerprint density at radius 3 is 1.38 bits per heavy atom. The zero-order chi connectivity index (χ0) is 29.8. The topological polar surface area (TPSA) is 0 Å². The van der Waals surface area contributed by atoms with E-state index in [2.05, 4.69) is 99.8 Å². The van der Waals surface area contributed by atoms with Crippen molar-refractivity contribution in [3.05, 3.63) is 128 Å². The van der Waals surface area contributed by atoms with E-state index in [1.54, 1.807) is 0 Å². The summed E-state index contributed by atoms with van der Waals surface area (Å²) in [5.41, 5.74) is 12.5. The number of allylic oxidation sites excluding steroid dienone is 2. The summed E-state index contributed by atoms with van der Waals surface area (Å²) in [4.78, 5) is 0. The Balaban J connectivity index is 1.59. The molecule has 2 aliphatic rings. The normalized spacial score (nSPS) is 18.7. The van der Waals surface area contributed by atoms with Gasteiger partial charge in [0, 0.05) is 0 Å². The number of hydrogen-bond donors (Lipinski definition) is 0. The van der Waals surface area contributed by atoms with Gasteiger partial charge in [-0.1, -0.05) is 0 Å². The molecule has 215 valence electrons. The van der Waals surface area contributed by atoms with Crippen molar-refractivity contribution in [3.63, 3.8) is 0 Å². The molecule has 0 saturated carbocycles. The molecule has 4 aromatic carbocycles. The van der Waals surface area contributed by atoms with Gasteiger partial charge in [0.2, 0.25) is 0 Å². The van der Waals surface area contributed by atoms with Gasteiger partial charge in [-0.2, -0.15) is 0 Å². The summed E-state index contributed by atoms with van der Waals surface area (Å²) in [6, 6.07) is 29.6. The van der Waals surface area contributed by atoms with Gasteiger partial charge in [0.15, 0.2) is 0 Å². The molecule has 6 heteroatoms. The van der Waals surface area contributed by atoms with Crippen molar-refractivity contribution >= 4 is 58.3 Å². The standard InChI is InChI=1S/2C17H14Cl.C2H7Si.2ClH.Zr/c2*1-2-12-9-13-6-4-8-16(17(13)10-12)14-5-3-7-15(18)11-14;1-3-2;;;/h2*3-11H,2H2,1H3;3H,1-2H3;2*1H;/q;;;;;+2/p-2. The van der Waals surface area contributed by atoms with Crippen molar-refractivity contribution in [1.82, 2.24) is 0 Å². The molecule has 0 N–H and O–H groups in total. The van der Waals surface area contributed by atoms with E-state index in [4.69, 9.17) is 40.2 Å². The van der Waals surface area contributed by atoms with Gasteiger partial charge in [0.25, 0.3) is 0 Å². The molecule has 0 fully saturated rings. The number of benzene rings is 4. The Morgan fingerprint density at radius 1 is 0.619 bits per heavy atom. The van der Waals surface area contributed by atoms with E-state index < -0.39 is 21.5 Å². The van der Waals surface area contributed by atoms with Crippen LogP contribution in [0.2, 0.25) is 23.1 Å². The first kappa shape index (κ1) is 30.6. The maximum absolute atomic E-state index is 8.50. The molecule has 0 spiro atoms. The second-order valence-corrected chi connectivity index (χ2v) is 55.4. The van der Waals surface area contributed by atoms with Crippen LogP contribution in [0.3, 0.4) is 0 Å². The van der Waals surface area contributed by atoms with Crippen LogP contribution in [0.15, 0.2) is 96.1 Å². The molecule has 2 unspecified atom stereocenters. The molecule has 0 heterocycles. The van der Waals surface area contributed by atoms with E-state index in [0.717, 1.165) is 34.0 Å². The summed E-state index contributed by atoms with van der Waals surface area (Å²) in [7, 11) is 17.0. The minimum absolute atomic E-state index is 0.0706. The molecule has 6 rings (SSSR count). The van der Waals surface area contributed by atoms with Crippen molar-refractivity contribution in [1.29, 1.82) is 0 Å².